The zero-order chi connectivity index (χ0) is 26.9. The Morgan fingerprint density at radius 3 is 2.19 bits per heavy atom. The highest BCUT2D eigenvalue weighted by Crippen LogP contribution is 2.47. The molecule has 4 atom stereocenters. The van der Waals surface area contributed by atoms with Crippen LogP contribution < -0.4 is 14.2 Å². The van der Waals surface area contributed by atoms with E-state index in [4.69, 9.17) is 21.1 Å². The van der Waals surface area contributed by atoms with Crippen LogP contribution in [0.3, 0.4) is 0 Å². The highest BCUT2D eigenvalue weighted by Gasteiger charge is 2.43. The molecule has 0 aromatic carbocycles. The van der Waals surface area contributed by atoms with Gasteiger partial charge in [-0.1, -0.05) is 18.5 Å². The van der Waals surface area contributed by atoms with Gasteiger partial charge in [-0.2, -0.15) is 9.97 Å². The zero-order valence-electron chi connectivity index (χ0n) is 20.3. The smallest absolute Gasteiger partial charge is 0.245 e. The van der Waals surface area contributed by atoms with Crippen LogP contribution in [0.5, 0.6) is 11.8 Å². The molecule has 0 saturated heterocycles. The van der Waals surface area contributed by atoms with Gasteiger partial charge in [-0.25, -0.2) is 27.2 Å². The van der Waals surface area contributed by atoms with Gasteiger partial charge in [-0.3, -0.25) is 9.29 Å². The monoisotopic (exact) mass is 558 g/mol. The molecule has 0 radical (unpaired) electrons. The maximum Gasteiger partial charge on any atom is 0.245 e. The number of halogens is 3. The minimum absolute atomic E-state index is 0.0113. The van der Waals surface area contributed by atoms with Crippen LogP contribution >= 0.6 is 11.6 Å². The Labute approximate surface area is 216 Å². The number of methoxy groups -OCH3 is 2. The van der Waals surface area contributed by atoms with Crippen molar-refractivity contribution in [2.24, 2.45) is 5.92 Å². The first-order valence-electron chi connectivity index (χ1n) is 11.2. The van der Waals surface area contributed by atoms with E-state index in [9.17, 15) is 17.2 Å². The lowest BCUT2D eigenvalue weighted by Gasteiger charge is -2.35. The van der Waals surface area contributed by atoms with E-state index in [2.05, 4.69) is 34.9 Å². The highest BCUT2D eigenvalue weighted by atomic mass is 35.5. The van der Waals surface area contributed by atoms with Crippen molar-refractivity contribution in [3.05, 3.63) is 35.4 Å². The summed E-state index contributed by atoms with van der Waals surface area (Å²) in [5.41, 5.74) is 0.0758. The molecule has 4 rings (SSSR count). The Morgan fingerprint density at radius 2 is 1.68 bits per heavy atom. The van der Waals surface area contributed by atoms with E-state index in [0.717, 1.165) is 0 Å². The summed E-state index contributed by atoms with van der Waals surface area (Å²) in [5, 5.41) is 7.40. The van der Waals surface area contributed by atoms with Crippen LogP contribution in [-0.2, 0) is 10.0 Å². The molecule has 16 heteroatoms. The van der Waals surface area contributed by atoms with Crippen molar-refractivity contribution < 1.29 is 26.7 Å². The van der Waals surface area contributed by atoms with Gasteiger partial charge in [-0.15, -0.1) is 10.2 Å². The molecule has 200 valence electrons. The van der Waals surface area contributed by atoms with Crippen LogP contribution in [-0.4, -0.2) is 69.0 Å². The van der Waals surface area contributed by atoms with Crippen LogP contribution in [0.25, 0.3) is 5.69 Å². The summed E-state index contributed by atoms with van der Waals surface area (Å²) in [6, 6.07) is 0. The van der Waals surface area contributed by atoms with Crippen LogP contribution in [0.1, 0.15) is 50.2 Å². The molecule has 1 N–H and O–H groups in total. The summed E-state index contributed by atoms with van der Waals surface area (Å²) in [4.78, 5) is 16.4. The molecule has 0 aliphatic heterocycles. The second-order valence-corrected chi connectivity index (χ2v) is 11.0. The lowest BCUT2D eigenvalue weighted by molar-refractivity contribution is 0.0139. The van der Waals surface area contributed by atoms with E-state index in [1.165, 1.54) is 44.4 Å². The fourth-order valence-electron chi connectivity index (χ4n) is 4.06. The molecule has 37 heavy (non-hydrogen) atoms. The van der Waals surface area contributed by atoms with Gasteiger partial charge < -0.3 is 9.47 Å². The molecule has 12 nitrogen and oxygen atoms in total. The molecule has 1 aliphatic carbocycles. The highest BCUT2D eigenvalue weighted by molar-refractivity contribution is 7.93. The van der Waals surface area contributed by atoms with Gasteiger partial charge in [0.1, 0.15) is 18.0 Å². The number of hydrogen-bond donors (Lipinski definition) is 1. The molecule has 0 spiro atoms. The van der Waals surface area contributed by atoms with E-state index in [1.54, 1.807) is 6.92 Å². The van der Waals surface area contributed by atoms with Crippen molar-refractivity contribution in [2.75, 3.05) is 18.9 Å². The third-order valence-corrected chi connectivity index (χ3v) is 8.56. The average Bonchev–Trinajstić information content (AvgIpc) is 3.23. The molecule has 3 aromatic rings. The summed E-state index contributed by atoms with van der Waals surface area (Å²) >= 11 is 5.84. The van der Waals surface area contributed by atoms with Crippen molar-refractivity contribution in [1.82, 2.24) is 34.7 Å². The van der Waals surface area contributed by atoms with Crippen LogP contribution in [0.4, 0.5) is 14.7 Å². The number of sulfonamides is 1. The quantitative estimate of drug-likeness (QED) is 0.393. The van der Waals surface area contributed by atoms with Gasteiger partial charge >= 0.3 is 0 Å². The topological polar surface area (TPSA) is 147 Å². The Hall–Kier alpha value is -3.20. The van der Waals surface area contributed by atoms with Crippen molar-refractivity contribution in [3.8, 4) is 17.4 Å². The summed E-state index contributed by atoms with van der Waals surface area (Å²) < 4.78 is 68.5. The lowest BCUT2D eigenvalue weighted by atomic mass is 9.73. The van der Waals surface area contributed by atoms with Gasteiger partial charge in [0.2, 0.25) is 34.2 Å². The molecule has 1 unspecified atom stereocenters. The first-order chi connectivity index (χ1) is 17.6. The number of aromatic nitrogens is 7. The molecule has 0 amide bonds. The largest absolute Gasteiger partial charge is 0.479 e. The van der Waals surface area contributed by atoms with E-state index in [0.29, 0.717) is 17.9 Å². The third-order valence-electron chi connectivity index (χ3n) is 6.51. The fraction of sp³-hybridized carbons (Fsp3) is 0.524. The van der Waals surface area contributed by atoms with Crippen LogP contribution in [0.15, 0.2) is 18.7 Å². The summed E-state index contributed by atoms with van der Waals surface area (Å²) in [6.45, 7) is 3.14. The SMILES string of the molecule is COc1ncnc(OC)c1-n1c(NS(=O)(=O)[C@@H](C)[C@H](C)c2ncc(Cl)cn2)nnc1[C@H]1CCC1C(F)F. The minimum atomic E-state index is -4.13. The number of nitrogens with zero attached hydrogens (tertiary/aromatic N) is 7. The number of anilines is 1. The standard InChI is InChI=1S/C21H25ClF2N8O4S/c1-10(17-25-7-12(22)8-26-17)11(2)37(33,34)31-21-30-29-18(14-6-5-13(14)16(23)24)32(21)15-19(35-3)27-9-28-20(15)36-4/h7-11,13-14,16H,5-6H2,1-4H3,(H,30,31)/t10-,11-,13?,14-/m0/s1. The second-order valence-electron chi connectivity index (χ2n) is 8.54. The molecule has 1 saturated carbocycles. The minimum Gasteiger partial charge on any atom is -0.479 e. The van der Waals surface area contributed by atoms with Crippen molar-refractivity contribution in [3.63, 3.8) is 0 Å². The Balaban J connectivity index is 1.78. The molecular weight excluding hydrogens is 534 g/mol. The summed E-state index contributed by atoms with van der Waals surface area (Å²) in [6.07, 6.45) is 2.07. The Morgan fingerprint density at radius 1 is 1.05 bits per heavy atom. The number of alkyl halides is 2. The maximum absolute atomic E-state index is 13.6. The molecular formula is C21H25ClF2N8O4S. The van der Waals surface area contributed by atoms with Gasteiger partial charge in [0, 0.05) is 30.1 Å². The van der Waals surface area contributed by atoms with Gasteiger partial charge in [0.15, 0.2) is 5.69 Å². The molecule has 1 aliphatic rings. The lowest BCUT2D eigenvalue weighted by Crippen LogP contribution is -2.33. The van der Waals surface area contributed by atoms with Crippen LogP contribution in [0, 0.1) is 5.92 Å². The first-order valence-corrected chi connectivity index (χ1v) is 13.2. The molecule has 1 fully saturated rings. The molecule has 3 aromatic heterocycles. The Bertz CT molecular complexity index is 1340. The maximum atomic E-state index is 13.6. The van der Waals surface area contributed by atoms with Crippen molar-refractivity contribution in [1.29, 1.82) is 0 Å². The number of rotatable bonds is 10. The normalized spacial score (nSPS) is 19.2. The van der Waals surface area contributed by atoms with Crippen LogP contribution in [0.2, 0.25) is 5.02 Å². The fourth-order valence-corrected chi connectivity index (χ4v) is 5.39. The summed E-state index contributed by atoms with van der Waals surface area (Å²) in [7, 11) is -1.43. The third kappa shape index (κ3) is 5.14. The molecule has 3 heterocycles. The first kappa shape index (κ1) is 26.9. The average molecular weight is 559 g/mol. The van der Waals surface area contributed by atoms with E-state index in [-0.39, 0.29) is 35.0 Å². The molecule has 0 bridgehead atoms. The number of ether oxygens (including phenoxy) is 2. The number of hydrogen-bond acceptors (Lipinski definition) is 10. The van der Waals surface area contributed by atoms with Gasteiger partial charge in [0.25, 0.3) is 0 Å². The van der Waals surface area contributed by atoms with E-state index >= 15 is 0 Å². The predicted octanol–water partition coefficient (Wildman–Crippen LogP) is 3.21. The van der Waals surface area contributed by atoms with Crippen molar-refractivity contribution in [2.45, 2.75) is 50.2 Å². The second kappa shape index (κ2) is 10.7. The zero-order valence-corrected chi connectivity index (χ0v) is 21.9. The van der Waals surface area contributed by atoms with Gasteiger partial charge in [-0.05, 0) is 19.8 Å². The number of nitrogens with one attached hydrogen (secondary N) is 1. The summed E-state index contributed by atoms with van der Waals surface area (Å²) in [5.74, 6) is -2.12. The van der Waals surface area contributed by atoms with Crippen molar-refractivity contribution >= 4 is 27.6 Å². The predicted molar refractivity (Wildman–Crippen MR) is 129 cm³/mol. The van der Waals surface area contributed by atoms with E-state index < -0.39 is 39.5 Å². The van der Waals surface area contributed by atoms with Gasteiger partial charge in [0.05, 0.1) is 24.5 Å². The van der Waals surface area contributed by atoms with E-state index in [1.807, 2.05) is 0 Å². The Kier molecular flexibility index (Phi) is 7.73.